The summed E-state index contributed by atoms with van der Waals surface area (Å²) in [6.07, 6.45) is 0. The minimum Gasteiger partial charge on any atom is -0.481 e. The molecule has 0 atom stereocenters. The Morgan fingerprint density at radius 3 is 1.52 bits per heavy atom. The van der Waals surface area contributed by atoms with Gasteiger partial charge in [0, 0.05) is 5.75 Å². The van der Waals surface area contributed by atoms with Crippen LogP contribution in [-0.4, -0.2) is 54.4 Å². The summed E-state index contributed by atoms with van der Waals surface area (Å²) >= 11 is 0.963. The molecule has 0 heterocycles. The third-order valence-electron chi connectivity index (χ3n) is 2.46. The molecule has 0 aliphatic heterocycles. The second kappa shape index (κ2) is 11.6. The largest absolute Gasteiger partial charge is 0.481 e. The van der Waals surface area contributed by atoms with Crippen LogP contribution in [0.5, 0.6) is 0 Å². The van der Waals surface area contributed by atoms with Gasteiger partial charge in [-0.15, -0.1) is 11.8 Å². The lowest BCUT2D eigenvalue weighted by molar-refractivity contribution is -0.133. The number of carbonyl (C=O) groups is 1. The number of hydrogen-bond donors (Lipinski definition) is 1. The van der Waals surface area contributed by atoms with E-state index in [0.717, 1.165) is 11.8 Å². The van der Waals surface area contributed by atoms with E-state index >= 15 is 0 Å². The third-order valence-corrected chi connectivity index (χ3v) is 9.97. The topological polar surface area (TPSA) is 108 Å². The van der Waals surface area contributed by atoms with Crippen molar-refractivity contribution in [2.45, 2.75) is 33.1 Å². The lowest BCUT2D eigenvalue weighted by atomic mass is 10.8. The summed E-state index contributed by atoms with van der Waals surface area (Å²) in [5, 5.41) is 7.58. The maximum absolute atomic E-state index is 13.0. The highest BCUT2D eigenvalue weighted by Crippen LogP contribution is 2.70. The van der Waals surface area contributed by atoms with E-state index in [-0.39, 0.29) is 37.9 Å². The van der Waals surface area contributed by atoms with Crippen molar-refractivity contribution in [3.63, 3.8) is 0 Å². The first-order valence-electron chi connectivity index (χ1n) is 7.36. The van der Waals surface area contributed by atoms with Crippen LogP contribution >= 0.6 is 27.0 Å². The zero-order chi connectivity index (χ0) is 17.9. The van der Waals surface area contributed by atoms with Crippen molar-refractivity contribution in [2.75, 3.05) is 37.9 Å². The molecule has 0 amide bonds. The van der Waals surface area contributed by atoms with E-state index in [9.17, 15) is 13.9 Å². The van der Waals surface area contributed by atoms with Gasteiger partial charge in [0.15, 0.2) is 5.40 Å². The van der Waals surface area contributed by atoms with Crippen LogP contribution in [0, 0.1) is 0 Å². The standard InChI is InChI=1S/C12H26O8P2S/c1-5-17-21(15,18-6-2)12(10-23-9-11(13)14)22(16,19-7-3)20-8-4/h12H,5-10H2,1-4H3,(H,13,14). The molecule has 23 heavy (non-hydrogen) atoms. The minimum atomic E-state index is -3.80. The van der Waals surface area contributed by atoms with Crippen LogP contribution in [0.2, 0.25) is 0 Å². The summed E-state index contributed by atoms with van der Waals surface area (Å²) in [5.74, 6) is -1.30. The van der Waals surface area contributed by atoms with Gasteiger partial charge in [0.05, 0.1) is 32.2 Å². The van der Waals surface area contributed by atoms with Crippen molar-refractivity contribution in [2.24, 2.45) is 0 Å². The molecule has 0 radical (unpaired) electrons. The van der Waals surface area contributed by atoms with Gasteiger partial charge in [-0.05, 0) is 27.7 Å². The number of aliphatic carboxylic acids is 1. The second-order valence-corrected chi connectivity index (χ2v) is 10.0. The Kier molecular flexibility index (Phi) is 11.7. The van der Waals surface area contributed by atoms with E-state index in [1.54, 1.807) is 27.7 Å². The van der Waals surface area contributed by atoms with Crippen LogP contribution in [0.1, 0.15) is 27.7 Å². The molecule has 8 nitrogen and oxygen atoms in total. The highest BCUT2D eigenvalue weighted by molar-refractivity contribution is 8.00. The fraction of sp³-hybridized carbons (Fsp3) is 0.917. The smallest absolute Gasteiger partial charge is 0.346 e. The Balaban J connectivity index is 5.59. The van der Waals surface area contributed by atoms with E-state index < -0.39 is 26.6 Å². The van der Waals surface area contributed by atoms with E-state index in [2.05, 4.69) is 0 Å². The summed E-state index contributed by atoms with van der Waals surface area (Å²) in [5.41, 5.74) is 0. The first-order chi connectivity index (χ1) is 10.8. The summed E-state index contributed by atoms with van der Waals surface area (Å²) in [7, 11) is -7.59. The molecule has 0 rings (SSSR count). The van der Waals surface area contributed by atoms with E-state index in [0.29, 0.717) is 0 Å². The molecule has 0 aromatic carbocycles. The van der Waals surface area contributed by atoms with E-state index in [1.807, 2.05) is 0 Å². The molecule has 0 spiro atoms. The van der Waals surface area contributed by atoms with E-state index in [4.69, 9.17) is 23.2 Å². The Hall–Kier alpha value is 0.120. The van der Waals surface area contributed by atoms with Gasteiger partial charge >= 0.3 is 21.2 Å². The quantitative estimate of drug-likeness (QED) is 0.443. The summed E-state index contributed by atoms with van der Waals surface area (Å²) < 4.78 is 47.2. The molecule has 0 aliphatic carbocycles. The molecule has 0 aromatic heterocycles. The molecule has 0 saturated heterocycles. The fourth-order valence-electron chi connectivity index (χ4n) is 1.75. The maximum Gasteiger partial charge on any atom is 0.346 e. The van der Waals surface area contributed by atoms with Crippen LogP contribution in [0.4, 0.5) is 0 Å². The van der Waals surface area contributed by atoms with Crippen LogP contribution in [0.25, 0.3) is 0 Å². The van der Waals surface area contributed by atoms with Crippen LogP contribution in [0.3, 0.4) is 0 Å². The van der Waals surface area contributed by atoms with E-state index in [1.165, 1.54) is 0 Å². The monoisotopic (exact) mass is 392 g/mol. The zero-order valence-electron chi connectivity index (χ0n) is 13.9. The Morgan fingerprint density at radius 1 is 0.913 bits per heavy atom. The molecular weight excluding hydrogens is 366 g/mol. The molecular formula is C12H26O8P2S. The number of rotatable bonds is 14. The number of carboxylic acid groups (broad SMARTS) is 1. The van der Waals surface area contributed by atoms with Gasteiger partial charge in [-0.25, -0.2) is 0 Å². The highest BCUT2D eigenvalue weighted by atomic mass is 32.2. The molecule has 0 aliphatic rings. The van der Waals surface area contributed by atoms with Crippen molar-refractivity contribution in [1.82, 2.24) is 0 Å². The fourth-order valence-corrected chi connectivity index (χ4v) is 8.80. The normalized spacial score (nSPS) is 12.7. The average molecular weight is 392 g/mol. The molecule has 0 fully saturated rings. The van der Waals surface area contributed by atoms with Crippen molar-refractivity contribution in [3.05, 3.63) is 0 Å². The van der Waals surface area contributed by atoms with Crippen LogP contribution < -0.4 is 0 Å². The number of thioether (sulfide) groups is 1. The molecule has 1 N–H and O–H groups in total. The SMILES string of the molecule is CCOP(=O)(OCC)C(CSCC(=O)O)P(=O)(OCC)OCC. The van der Waals surface area contributed by atoms with Crippen molar-refractivity contribution in [1.29, 1.82) is 0 Å². The lowest BCUT2D eigenvalue weighted by Crippen LogP contribution is -2.21. The summed E-state index contributed by atoms with van der Waals surface area (Å²) in [6, 6.07) is 0. The van der Waals surface area contributed by atoms with Gasteiger partial charge < -0.3 is 23.2 Å². The lowest BCUT2D eigenvalue weighted by Gasteiger charge is -2.31. The summed E-state index contributed by atoms with van der Waals surface area (Å²) in [6.45, 7) is 6.92. The van der Waals surface area contributed by atoms with Gasteiger partial charge in [-0.2, -0.15) is 0 Å². The Labute approximate surface area is 141 Å². The average Bonchev–Trinajstić information content (AvgIpc) is 2.44. The molecule has 0 unspecified atom stereocenters. The molecule has 138 valence electrons. The Morgan fingerprint density at radius 2 is 1.26 bits per heavy atom. The molecule has 0 bridgehead atoms. The van der Waals surface area contributed by atoms with Crippen LogP contribution in [-0.2, 0) is 32.0 Å². The number of hydrogen-bond acceptors (Lipinski definition) is 8. The molecule has 11 heteroatoms. The van der Waals surface area contributed by atoms with Gasteiger partial charge in [0.25, 0.3) is 0 Å². The van der Waals surface area contributed by atoms with Crippen molar-refractivity contribution >= 4 is 32.9 Å². The summed E-state index contributed by atoms with van der Waals surface area (Å²) in [4.78, 5) is 10.7. The van der Waals surface area contributed by atoms with Gasteiger partial charge in [0.2, 0.25) is 0 Å². The number of carboxylic acids is 1. The zero-order valence-corrected chi connectivity index (χ0v) is 16.5. The van der Waals surface area contributed by atoms with Crippen LogP contribution in [0.15, 0.2) is 0 Å². The molecule has 0 aromatic rings. The van der Waals surface area contributed by atoms with Crippen molar-refractivity contribution < 1.29 is 37.1 Å². The second-order valence-electron chi connectivity index (χ2n) is 4.14. The van der Waals surface area contributed by atoms with Gasteiger partial charge in [-0.1, -0.05) is 0 Å². The van der Waals surface area contributed by atoms with Gasteiger partial charge in [-0.3, -0.25) is 13.9 Å². The maximum atomic E-state index is 13.0. The predicted octanol–water partition coefficient (Wildman–Crippen LogP) is 3.66. The minimum absolute atomic E-state index is 0.0408. The van der Waals surface area contributed by atoms with Crippen molar-refractivity contribution in [3.8, 4) is 0 Å². The van der Waals surface area contributed by atoms with Gasteiger partial charge in [0.1, 0.15) is 0 Å². The predicted molar refractivity (Wildman–Crippen MR) is 90.5 cm³/mol. The Bertz CT molecular complexity index is 395. The highest BCUT2D eigenvalue weighted by Gasteiger charge is 2.50. The molecule has 0 saturated carbocycles. The first kappa shape index (κ1) is 23.1. The first-order valence-corrected chi connectivity index (χ1v) is 11.7. The third kappa shape index (κ3) is 7.69.